The Labute approximate surface area is 409 Å². The van der Waals surface area contributed by atoms with Gasteiger partial charge < -0.3 is 14.1 Å². The number of H-pyrrole nitrogens is 1. The van der Waals surface area contributed by atoms with Gasteiger partial charge in [-0.2, -0.15) is 71.1 Å². The minimum Gasteiger partial charge on any atom is -0.361 e. The molecule has 10 aromatic rings. The molecule has 0 spiro atoms. The molecular formula is C55H33F15N4. The van der Waals surface area contributed by atoms with Crippen LogP contribution in [0.4, 0.5) is 65.9 Å². The number of halogens is 15. The predicted octanol–water partition coefficient (Wildman–Crippen LogP) is 18.5. The fourth-order valence-electron chi connectivity index (χ4n) is 8.58. The maximum absolute atomic E-state index is 14.7. The summed E-state index contributed by atoms with van der Waals surface area (Å²) >= 11 is 0. The number of nitriles is 1. The Morgan fingerprint density at radius 3 is 1.20 bits per heavy atom. The van der Waals surface area contributed by atoms with Gasteiger partial charge in [-0.1, -0.05) is 86.0 Å². The van der Waals surface area contributed by atoms with E-state index in [9.17, 15) is 65.9 Å². The molecule has 19 heteroatoms. The third-order valence-corrected chi connectivity index (χ3v) is 11.9. The van der Waals surface area contributed by atoms with Gasteiger partial charge in [0, 0.05) is 44.2 Å². The number of nitrogens with one attached hydrogen (secondary N) is 1. The van der Waals surface area contributed by atoms with Crippen LogP contribution >= 0.6 is 0 Å². The SMILES string of the molecule is C=C(C)C#N.C=Cc1c[nH]c2cc(C(F)(F)F)ccc12.FC(F)(F)c1ccc2c3ccccc3n(-c3cc(-c4ccc(C(F)(F)F)c(-n5c6ccccc6c6ccc(C(F)(F)F)cc65)c4)ccc3C(F)(F)F)c2c1. The molecule has 0 unspecified atom stereocenters. The van der Waals surface area contributed by atoms with Crippen LogP contribution in [-0.4, -0.2) is 14.1 Å². The molecule has 0 saturated carbocycles. The lowest BCUT2D eigenvalue weighted by atomic mass is 9.98. The molecule has 10 rings (SSSR count). The molecule has 3 aromatic heterocycles. The van der Waals surface area contributed by atoms with E-state index in [1.165, 1.54) is 42.5 Å². The lowest BCUT2D eigenvalue weighted by Crippen LogP contribution is -2.12. The van der Waals surface area contributed by atoms with Crippen molar-refractivity contribution in [1.82, 2.24) is 14.1 Å². The van der Waals surface area contributed by atoms with Crippen molar-refractivity contribution in [3.8, 4) is 28.6 Å². The highest BCUT2D eigenvalue weighted by molar-refractivity contribution is 6.11. The van der Waals surface area contributed by atoms with E-state index < -0.39 is 70.1 Å². The van der Waals surface area contributed by atoms with Gasteiger partial charge in [0.05, 0.1) is 67.3 Å². The lowest BCUT2D eigenvalue weighted by Gasteiger charge is -2.20. The molecule has 0 amide bonds. The van der Waals surface area contributed by atoms with Crippen molar-refractivity contribution in [2.75, 3.05) is 0 Å². The van der Waals surface area contributed by atoms with Crippen molar-refractivity contribution in [2.45, 2.75) is 37.8 Å². The highest BCUT2D eigenvalue weighted by Gasteiger charge is 2.38. The molecule has 0 saturated heterocycles. The molecule has 3 heterocycles. The van der Waals surface area contributed by atoms with Crippen molar-refractivity contribution in [1.29, 1.82) is 5.26 Å². The number of allylic oxidation sites excluding steroid dienone is 1. The molecule has 0 fully saturated rings. The topological polar surface area (TPSA) is 49.4 Å². The van der Waals surface area contributed by atoms with Crippen molar-refractivity contribution >= 4 is 60.6 Å². The average molecular weight is 1030 g/mol. The molecule has 1 N–H and O–H groups in total. The van der Waals surface area contributed by atoms with Crippen LogP contribution < -0.4 is 0 Å². The fourth-order valence-corrected chi connectivity index (χ4v) is 8.58. The molecule has 4 nitrogen and oxygen atoms in total. The number of hydrogen-bond donors (Lipinski definition) is 1. The zero-order valence-electron chi connectivity index (χ0n) is 37.9. The highest BCUT2D eigenvalue weighted by Crippen LogP contribution is 2.45. The van der Waals surface area contributed by atoms with E-state index in [1.807, 2.05) is 6.07 Å². The van der Waals surface area contributed by atoms with Gasteiger partial charge in [0.25, 0.3) is 0 Å². The van der Waals surface area contributed by atoms with E-state index >= 15 is 0 Å². The second-order valence-electron chi connectivity index (χ2n) is 16.7. The summed E-state index contributed by atoms with van der Waals surface area (Å²) in [7, 11) is 0. The summed E-state index contributed by atoms with van der Waals surface area (Å²) in [5.74, 6) is 0. The third-order valence-electron chi connectivity index (χ3n) is 11.9. The first-order valence-electron chi connectivity index (χ1n) is 21.6. The Bertz CT molecular complexity index is 3660. The van der Waals surface area contributed by atoms with Gasteiger partial charge in [0.15, 0.2) is 0 Å². The van der Waals surface area contributed by atoms with E-state index in [2.05, 4.69) is 18.1 Å². The van der Waals surface area contributed by atoms with E-state index in [-0.39, 0.29) is 44.0 Å². The number of fused-ring (bicyclic) bond motifs is 7. The Hall–Kier alpha value is -8.40. The summed E-state index contributed by atoms with van der Waals surface area (Å²) in [4.78, 5) is 2.78. The second-order valence-corrected chi connectivity index (χ2v) is 16.7. The van der Waals surface area contributed by atoms with Gasteiger partial charge in [0.1, 0.15) is 0 Å². The van der Waals surface area contributed by atoms with Gasteiger partial charge in [-0.15, -0.1) is 0 Å². The summed E-state index contributed by atoms with van der Waals surface area (Å²) < 4.78 is 211. The first-order valence-corrected chi connectivity index (χ1v) is 21.6. The molecule has 378 valence electrons. The predicted molar refractivity (Wildman–Crippen MR) is 254 cm³/mol. The normalized spacial score (nSPS) is 12.4. The number of aromatic amines is 1. The van der Waals surface area contributed by atoms with Gasteiger partial charge in [0.2, 0.25) is 0 Å². The van der Waals surface area contributed by atoms with Gasteiger partial charge >= 0.3 is 30.9 Å². The summed E-state index contributed by atoms with van der Waals surface area (Å²) in [5.41, 5.74) is -4.95. The Balaban J connectivity index is 0.000000304. The number of aromatic nitrogens is 3. The smallest absolute Gasteiger partial charge is 0.361 e. The number of nitrogens with zero attached hydrogens (tertiary/aromatic N) is 3. The highest BCUT2D eigenvalue weighted by atomic mass is 19.4. The maximum atomic E-state index is 14.7. The first-order chi connectivity index (χ1) is 34.6. The monoisotopic (exact) mass is 1030 g/mol. The molecule has 74 heavy (non-hydrogen) atoms. The molecule has 0 bridgehead atoms. The molecule has 0 atom stereocenters. The largest absolute Gasteiger partial charge is 0.418 e. The first kappa shape index (κ1) is 51.9. The van der Waals surface area contributed by atoms with Gasteiger partial charge in [-0.25, -0.2) is 0 Å². The zero-order chi connectivity index (χ0) is 53.9. The van der Waals surface area contributed by atoms with Crippen LogP contribution in [-0.2, 0) is 30.9 Å². The Morgan fingerprint density at radius 1 is 0.473 bits per heavy atom. The molecular weight excluding hydrogens is 1000 g/mol. The number of para-hydroxylation sites is 2. The zero-order valence-corrected chi connectivity index (χ0v) is 37.9. The van der Waals surface area contributed by atoms with E-state index in [0.29, 0.717) is 34.0 Å². The molecule has 0 aliphatic rings. The van der Waals surface area contributed by atoms with E-state index in [1.54, 1.807) is 31.3 Å². The van der Waals surface area contributed by atoms with Gasteiger partial charge in [-0.05, 0) is 96.4 Å². The van der Waals surface area contributed by atoms with Crippen molar-refractivity contribution in [2.24, 2.45) is 0 Å². The van der Waals surface area contributed by atoms with Crippen LogP contribution in [0.2, 0.25) is 0 Å². The summed E-state index contributed by atoms with van der Waals surface area (Å²) in [6.45, 7) is 8.56. The quantitative estimate of drug-likeness (QED) is 0.139. The number of hydrogen-bond acceptors (Lipinski definition) is 1. The van der Waals surface area contributed by atoms with Crippen LogP contribution in [0.3, 0.4) is 0 Å². The van der Waals surface area contributed by atoms with E-state index in [4.69, 9.17) is 5.26 Å². The van der Waals surface area contributed by atoms with Crippen molar-refractivity contribution in [3.63, 3.8) is 0 Å². The van der Waals surface area contributed by atoms with Gasteiger partial charge in [-0.3, -0.25) is 0 Å². The third kappa shape index (κ3) is 10.0. The van der Waals surface area contributed by atoms with Crippen molar-refractivity contribution < 1.29 is 65.9 Å². The summed E-state index contributed by atoms with van der Waals surface area (Å²) in [6.07, 6.45) is -20.8. The lowest BCUT2D eigenvalue weighted by molar-refractivity contribution is -0.138. The van der Waals surface area contributed by atoms with Crippen molar-refractivity contribution in [3.05, 3.63) is 198 Å². The van der Waals surface area contributed by atoms with E-state index in [0.717, 1.165) is 92.9 Å². The number of benzene rings is 7. The Kier molecular flexibility index (Phi) is 13.3. The molecule has 7 aromatic carbocycles. The Morgan fingerprint density at radius 2 is 0.838 bits per heavy atom. The molecule has 0 radical (unpaired) electrons. The summed E-state index contributed by atoms with van der Waals surface area (Å²) in [5, 5.41) is 9.68. The van der Waals surface area contributed by atoms with Crippen LogP contribution in [0.15, 0.2) is 164 Å². The van der Waals surface area contributed by atoms with Crippen LogP contribution in [0.5, 0.6) is 0 Å². The summed E-state index contributed by atoms with van der Waals surface area (Å²) in [6, 6.07) is 28.4. The second kappa shape index (κ2) is 18.9. The minimum atomic E-state index is -5.03. The standard InChI is InChI=1S/C40H20F12N2.C11H8F3N.C4H5N/c41-37(42,43)23-11-13-27-25-5-1-3-7-31(25)53(33(27)19-23)35-17-21(9-15-29(35)39(47,48)49)22-10-16-30(40(50,51)52)36(18-22)54-32-8-4-2-6-26(32)28-14-12-24(20-34(28)54)38(44,45)46;1-2-7-6-15-10-5-8(11(12,13)14)3-4-9(7)10;1-4(2)3-5/h1-20H;2-6,15H,1H2;1H2,2H3. The van der Waals surface area contributed by atoms with Crippen LogP contribution in [0.1, 0.15) is 40.3 Å². The number of rotatable bonds is 4. The molecule has 0 aliphatic heterocycles. The number of alkyl halides is 15. The van der Waals surface area contributed by atoms with Crippen LogP contribution in [0.25, 0.3) is 83.1 Å². The van der Waals surface area contributed by atoms with Crippen LogP contribution in [0, 0.1) is 11.3 Å². The maximum Gasteiger partial charge on any atom is 0.418 e. The fraction of sp³-hybridized carbons (Fsp3) is 0.109. The molecule has 0 aliphatic carbocycles. The minimum absolute atomic E-state index is 0.0531. The average Bonchev–Trinajstić information content (AvgIpc) is 4.02.